The lowest BCUT2D eigenvalue weighted by atomic mass is 10.0. The summed E-state index contributed by atoms with van der Waals surface area (Å²) in [6.07, 6.45) is 3.70. The molecule has 0 heterocycles. The Bertz CT molecular complexity index is 374. The summed E-state index contributed by atoms with van der Waals surface area (Å²) in [5, 5.41) is 3.30. The third kappa shape index (κ3) is 27.4. The Labute approximate surface area is 160 Å². The van der Waals surface area contributed by atoms with Crippen molar-refractivity contribution in [1.29, 1.82) is 0 Å². The molecule has 0 aromatic rings. The number of ether oxygens (including phenoxy) is 2. The number of rotatable bonds is 9. The van der Waals surface area contributed by atoms with Gasteiger partial charge in [-0.1, -0.05) is 20.4 Å². The van der Waals surface area contributed by atoms with Crippen LogP contribution in [0.15, 0.2) is 12.7 Å². The van der Waals surface area contributed by atoms with Gasteiger partial charge >= 0.3 is 11.9 Å². The highest BCUT2D eigenvalue weighted by Gasteiger charge is 2.13. The van der Waals surface area contributed by atoms with Gasteiger partial charge in [0, 0.05) is 23.7 Å². The lowest BCUT2D eigenvalue weighted by molar-refractivity contribution is -0.143. The van der Waals surface area contributed by atoms with Crippen molar-refractivity contribution in [2.45, 2.75) is 85.7 Å². The zero-order valence-corrected chi connectivity index (χ0v) is 18.2. The van der Waals surface area contributed by atoms with Gasteiger partial charge in [-0.2, -0.15) is 0 Å². The van der Waals surface area contributed by atoms with Gasteiger partial charge in [0.25, 0.3) is 0 Å². The molecule has 0 aromatic carbocycles. The Morgan fingerprint density at radius 3 is 1.73 bits per heavy atom. The molecular formula is C20H42N2O4. The molecule has 3 N–H and O–H groups in total. The largest absolute Gasteiger partial charge is 0.466 e. The van der Waals surface area contributed by atoms with E-state index in [0.717, 1.165) is 18.9 Å². The summed E-state index contributed by atoms with van der Waals surface area (Å²) in [4.78, 5) is 21.0. The van der Waals surface area contributed by atoms with E-state index in [1.165, 1.54) is 0 Å². The average Bonchev–Trinajstić information content (AvgIpc) is 2.55. The Morgan fingerprint density at radius 1 is 1.00 bits per heavy atom. The van der Waals surface area contributed by atoms with Crippen molar-refractivity contribution in [2.24, 2.45) is 5.73 Å². The van der Waals surface area contributed by atoms with Crippen LogP contribution in [0.1, 0.15) is 74.7 Å². The summed E-state index contributed by atoms with van der Waals surface area (Å²) in [6.45, 7) is 20.9. The van der Waals surface area contributed by atoms with E-state index in [4.69, 9.17) is 10.5 Å². The Balaban J connectivity index is -0.000000342. The fourth-order valence-electron chi connectivity index (χ4n) is 1.06. The molecule has 6 nitrogen and oxygen atoms in total. The maximum Gasteiger partial charge on any atom is 0.330 e. The number of nitrogens with one attached hydrogen (secondary N) is 1. The predicted molar refractivity (Wildman–Crippen MR) is 109 cm³/mol. The van der Waals surface area contributed by atoms with Crippen molar-refractivity contribution in [2.75, 3.05) is 19.8 Å². The minimum atomic E-state index is -0.359. The van der Waals surface area contributed by atoms with Crippen LogP contribution in [0.25, 0.3) is 0 Å². The van der Waals surface area contributed by atoms with Crippen molar-refractivity contribution in [3.63, 3.8) is 0 Å². The molecule has 156 valence electrons. The van der Waals surface area contributed by atoms with Crippen LogP contribution in [-0.4, -0.2) is 42.8 Å². The van der Waals surface area contributed by atoms with Crippen LogP contribution in [0, 0.1) is 0 Å². The van der Waals surface area contributed by atoms with Crippen LogP contribution in [0.4, 0.5) is 0 Å². The first-order valence-corrected chi connectivity index (χ1v) is 9.37. The van der Waals surface area contributed by atoms with Crippen LogP contribution >= 0.6 is 0 Å². The Hall–Kier alpha value is -1.40. The topological polar surface area (TPSA) is 90.7 Å². The lowest BCUT2D eigenvalue weighted by Crippen LogP contribution is -2.39. The smallest absolute Gasteiger partial charge is 0.330 e. The number of carbonyl (C=O) groups excluding carboxylic acids is 2. The molecule has 0 aliphatic heterocycles. The van der Waals surface area contributed by atoms with Crippen molar-refractivity contribution < 1.29 is 19.1 Å². The van der Waals surface area contributed by atoms with E-state index >= 15 is 0 Å². The molecule has 0 spiro atoms. The highest BCUT2D eigenvalue weighted by atomic mass is 16.5. The Morgan fingerprint density at radius 2 is 1.46 bits per heavy atom. The predicted octanol–water partition coefficient (Wildman–Crippen LogP) is 3.59. The number of hydrogen-bond acceptors (Lipinski definition) is 6. The Kier molecular flexibility index (Phi) is 19.2. The molecule has 0 bridgehead atoms. The van der Waals surface area contributed by atoms with Gasteiger partial charge in [-0.15, -0.1) is 0 Å². The summed E-state index contributed by atoms with van der Waals surface area (Å²) >= 11 is 0. The van der Waals surface area contributed by atoms with E-state index < -0.39 is 0 Å². The molecule has 0 unspecified atom stereocenters. The van der Waals surface area contributed by atoms with Crippen LogP contribution in [0.3, 0.4) is 0 Å². The molecule has 0 amide bonds. The molecule has 6 heteroatoms. The van der Waals surface area contributed by atoms with Crippen molar-refractivity contribution in [3.05, 3.63) is 12.7 Å². The van der Waals surface area contributed by atoms with Gasteiger partial charge in [0.15, 0.2) is 0 Å². The van der Waals surface area contributed by atoms with Gasteiger partial charge in [0.05, 0.1) is 19.6 Å². The minimum absolute atomic E-state index is 0.0417. The first-order valence-electron chi connectivity index (χ1n) is 9.37. The van der Waals surface area contributed by atoms with Gasteiger partial charge in [-0.25, -0.2) is 4.79 Å². The quantitative estimate of drug-likeness (QED) is 0.473. The van der Waals surface area contributed by atoms with E-state index in [1.807, 2.05) is 20.8 Å². The number of carbonyl (C=O) groups is 2. The SMILES string of the molecule is C=CC(=O)OCC.CCC(C)(C)N.CCOC(=O)CCNC(C)(C)CC. The van der Waals surface area contributed by atoms with E-state index in [9.17, 15) is 9.59 Å². The molecule has 0 fully saturated rings. The highest BCUT2D eigenvalue weighted by molar-refractivity contribution is 5.81. The average molecular weight is 375 g/mol. The van der Waals surface area contributed by atoms with E-state index in [-0.39, 0.29) is 23.0 Å². The van der Waals surface area contributed by atoms with Gasteiger partial charge in [-0.05, 0) is 54.4 Å². The second-order valence-corrected chi connectivity index (χ2v) is 7.02. The second kappa shape index (κ2) is 17.0. The molecular weight excluding hydrogens is 332 g/mol. The normalized spacial score (nSPS) is 10.5. The van der Waals surface area contributed by atoms with Gasteiger partial charge in [0.2, 0.25) is 0 Å². The molecule has 0 saturated heterocycles. The fourth-order valence-corrected chi connectivity index (χ4v) is 1.06. The maximum atomic E-state index is 11.0. The van der Waals surface area contributed by atoms with E-state index in [1.54, 1.807) is 6.92 Å². The van der Waals surface area contributed by atoms with Crippen LogP contribution in [-0.2, 0) is 19.1 Å². The summed E-state index contributed by atoms with van der Waals surface area (Å²) in [6, 6.07) is 0. The minimum Gasteiger partial charge on any atom is -0.466 e. The molecule has 0 atom stereocenters. The van der Waals surface area contributed by atoms with Gasteiger partial charge in [-0.3, -0.25) is 4.79 Å². The fraction of sp³-hybridized carbons (Fsp3) is 0.800. The molecule has 0 aliphatic carbocycles. The molecule has 0 saturated carbocycles. The van der Waals surface area contributed by atoms with Crippen molar-refractivity contribution in [1.82, 2.24) is 5.32 Å². The van der Waals surface area contributed by atoms with Crippen LogP contribution in [0.5, 0.6) is 0 Å². The molecule has 0 aromatic heterocycles. The van der Waals surface area contributed by atoms with Crippen LogP contribution in [0.2, 0.25) is 0 Å². The second-order valence-electron chi connectivity index (χ2n) is 7.02. The number of nitrogens with two attached hydrogens (primary N) is 1. The first kappa shape index (κ1) is 29.4. The van der Waals surface area contributed by atoms with Crippen LogP contribution < -0.4 is 11.1 Å². The lowest BCUT2D eigenvalue weighted by Gasteiger charge is -2.24. The monoisotopic (exact) mass is 374 g/mol. The van der Waals surface area contributed by atoms with E-state index in [2.05, 4.69) is 44.3 Å². The maximum absolute atomic E-state index is 11.0. The molecule has 0 radical (unpaired) electrons. The number of esters is 2. The van der Waals surface area contributed by atoms with Gasteiger partial charge < -0.3 is 20.5 Å². The molecule has 0 aliphatic rings. The van der Waals surface area contributed by atoms with Crippen molar-refractivity contribution >= 4 is 11.9 Å². The zero-order valence-electron chi connectivity index (χ0n) is 18.2. The van der Waals surface area contributed by atoms with E-state index in [0.29, 0.717) is 26.2 Å². The standard InChI is InChI=1S/C10H21NO2.C5H13N.C5H8O2/c1-5-10(3,4)11-8-7-9(12)13-6-2;1-4-5(2,3)6;1-3-5(6)7-4-2/h11H,5-8H2,1-4H3;4,6H2,1-3H3;3H,1,4H2,2H3. The van der Waals surface area contributed by atoms with Crippen molar-refractivity contribution in [3.8, 4) is 0 Å². The summed E-state index contributed by atoms with van der Waals surface area (Å²) in [5.41, 5.74) is 5.69. The third-order valence-corrected chi connectivity index (χ3v) is 3.49. The highest BCUT2D eigenvalue weighted by Crippen LogP contribution is 2.06. The molecule has 0 rings (SSSR count). The number of hydrogen-bond donors (Lipinski definition) is 2. The summed E-state index contributed by atoms with van der Waals surface area (Å²) < 4.78 is 9.25. The summed E-state index contributed by atoms with van der Waals surface area (Å²) in [5.74, 6) is -0.482. The first-order chi connectivity index (χ1) is 11.9. The third-order valence-electron chi connectivity index (χ3n) is 3.49. The molecule has 26 heavy (non-hydrogen) atoms. The zero-order chi connectivity index (χ0) is 21.2. The van der Waals surface area contributed by atoms with Gasteiger partial charge in [0.1, 0.15) is 0 Å². The summed E-state index contributed by atoms with van der Waals surface area (Å²) in [7, 11) is 0.